The van der Waals surface area contributed by atoms with Crippen LogP contribution in [0.15, 0.2) is 18.2 Å². The molecule has 0 amide bonds. The van der Waals surface area contributed by atoms with E-state index >= 15 is 0 Å². The number of nitrogens with one attached hydrogen (secondary N) is 1. The summed E-state index contributed by atoms with van der Waals surface area (Å²) in [6.07, 6.45) is 0. The minimum absolute atomic E-state index is 0.128. The van der Waals surface area contributed by atoms with Crippen LogP contribution in [0.3, 0.4) is 0 Å². The second-order valence-electron chi connectivity index (χ2n) is 4.20. The molecule has 0 unspecified atom stereocenters. The molecule has 1 N–H and O–H groups in total. The molecule has 2 aromatic rings. The Morgan fingerprint density at radius 2 is 1.76 bits per heavy atom. The molecule has 0 saturated carbocycles. The molecule has 0 spiro atoms. The molecule has 0 aliphatic carbocycles. The second kappa shape index (κ2) is 6.53. The van der Waals surface area contributed by atoms with Crippen molar-refractivity contribution in [3.05, 3.63) is 41.5 Å². The lowest BCUT2D eigenvalue weighted by Gasteiger charge is -2.09. The first kappa shape index (κ1) is 15.2. The standard InChI is InChI=1S/C14H14F3N3O/c1-3-21-7-13-19-11(6-12(18-2)20-13)8-4-9(15)14(17)10(16)5-8/h4-6H,3,7H2,1-2H3,(H,18,19,20). The molecule has 7 heteroatoms. The fourth-order valence-electron chi connectivity index (χ4n) is 1.73. The molecule has 21 heavy (non-hydrogen) atoms. The molecule has 0 fully saturated rings. The molecule has 1 heterocycles. The maximum atomic E-state index is 13.3. The first-order valence-electron chi connectivity index (χ1n) is 6.33. The van der Waals surface area contributed by atoms with Gasteiger partial charge in [-0.15, -0.1) is 0 Å². The van der Waals surface area contributed by atoms with E-state index in [-0.39, 0.29) is 17.9 Å². The summed E-state index contributed by atoms with van der Waals surface area (Å²) in [6.45, 7) is 2.49. The van der Waals surface area contributed by atoms with Crippen LogP contribution < -0.4 is 5.32 Å². The zero-order valence-corrected chi connectivity index (χ0v) is 11.6. The highest BCUT2D eigenvalue weighted by atomic mass is 19.2. The van der Waals surface area contributed by atoms with Crippen molar-refractivity contribution in [3.8, 4) is 11.3 Å². The smallest absolute Gasteiger partial charge is 0.194 e. The number of nitrogens with zero attached hydrogens (tertiary/aromatic N) is 2. The number of rotatable bonds is 5. The van der Waals surface area contributed by atoms with Gasteiger partial charge in [0.05, 0.1) is 5.69 Å². The van der Waals surface area contributed by atoms with Crippen molar-refractivity contribution in [1.82, 2.24) is 9.97 Å². The number of anilines is 1. The molecule has 2 rings (SSSR count). The number of aromatic nitrogens is 2. The predicted molar refractivity (Wildman–Crippen MR) is 72.2 cm³/mol. The topological polar surface area (TPSA) is 47.0 Å². The van der Waals surface area contributed by atoms with Crippen molar-refractivity contribution in [2.45, 2.75) is 13.5 Å². The average molecular weight is 297 g/mol. The largest absolute Gasteiger partial charge is 0.374 e. The monoisotopic (exact) mass is 297 g/mol. The van der Waals surface area contributed by atoms with E-state index in [2.05, 4.69) is 15.3 Å². The molecule has 4 nitrogen and oxygen atoms in total. The highest BCUT2D eigenvalue weighted by molar-refractivity contribution is 5.62. The van der Waals surface area contributed by atoms with E-state index in [0.717, 1.165) is 12.1 Å². The highest BCUT2D eigenvalue weighted by Crippen LogP contribution is 2.24. The van der Waals surface area contributed by atoms with Gasteiger partial charge < -0.3 is 10.1 Å². The van der Waals surface area contributed by atoms with Crippen LogP contribution in [0.25, 0.3) is 11.3 Å². The van der Waals surface area contributed by atoms with Gasteiger partial charge in [0.1, 0.15) is 12.4 Å². The Morgan fingerprint density at radius 3 is 2.33 bits per heavy atom. The van der Waals surface area contributed by atoms with E-state index in [1.54, 1.807) is 7.05 Å². The third-order valence-electron chi connectivity index (χ3n) is 2.74. The molecule has 0 atom stereocenters. The Kier molecular flexibility index (Phi) is 4.74. The first-order chi connectivity index (χ1) is 10.0. The van der Waals surface area contributed by atoms with E-state index in [0.29, 0.717) is 18.2 Å². The van der Waals surface area contributed by atoms with Gasteiger partial charge in [0.25, 0.3) is 0 Å². The molecular formula is C14H14F3N3O. The third-order valence-corrected chi connectivity index (χ3v) is 2.74. The number of benzene rings is 1. The number of hydrogen-bond donors (Lipinski definition) is 1. The van der Waals surface area contributed by atoms with Gasteiger partial charge in [-0.2, -0.15) is 0 Å². The molecular weight excluding hydrogens is 283 g/mol. The lowest BCUT2D eigenvalue weighted by atomic mass is 10.1. The van der Waals surface area contributed by atoms with Crippen molar-refractivity contribution in [1.29, 1.82) is 0 Å². The van der Waals surface area contributed by atoms with Crippen LogP contribution in [-0.4, -0.2) is 23.6 Å². The van der Waals surface area contributed by atoms with E-state index in [1.807, 2.05) is 6.92 Å². The van der Waals surface area contributed by atoms with Crippen LogP contribution in [0, 0.1) is 17.5 Å². The zero-order chi connectivity index (χ0) is 15.4. The average Bonchev–Trinajstić information content (AvgIpc) is 2.49. The van der Waals surface area contributed by atoms with Crippen LogP contribution in [0.4, 0.5) is 19.0 Å². The van der Waals surface area contributed by atoms with Gasteiger partial charge in [0.2, 0.25) is 0 Å². The van der Waals surface area contributed by atoms with Crippen LogP contribution in [0.1, 0.15) is 12.7 Å². The third kappa shape index (κ3) is 3.49. The van der Waals surface area contributed by atoms with Gasteiger partial charge in [-0.05, 0) is 19.1 Å². The molecule has 0 aliphatic rings. The Morgan fingerprint density at radius 1 is 1.10 bits per heavy atom. The maximum absolute atomic E-state index is 13.3. The molecule has 0 radical (unpaired) electrons. The molecule has 0 saturated heterocycles. The first-order valence-corrected chi connectivity index (χ1v) is 6.33. The lowest BCUT2D eigenvalue weighted by molar-refractivity contribution is 0.128. The minimum atomic E-state index is -1.50. The Labute approximate surface area is 120 Å². The van der Waals surface area contributed by atoms with Crippen molar-refractivity contribution in [2.75, 3.05) is 19.0 Å². The summed E-state index contributed by atoms with van der Waals surface area (Å²) in [5.41, 5.74) is 0.407. The maximum Gasteiger partial charge on any atom is 0.194 e. The van der Waals surface area contributed by atoms with E-state index in [1.165, 1.54) is 6.07 Å². The van der Waals surface area contributed by atoms with Gasteiger partial charge in [0.15, 0.2) is 23.3 Å². The van der Waals surface area contributed by atoms with Gasteiger partial charge in [0, 0.05) is 25.3 Å². The van der Waals surface area contributed by atoms with Crippen LogP contribution >= 0.6 is 0 Å². The lowest BCUT2D eigenvalue weighted by Crippen LogP contribution is -2.04. The van der Waals surface area contributed by atoms with E-state index < -0.39 is 17.5 Å². The Bertz CT molecular complexity index is 626. The molecule has 1 aromatic heterocycles. The van der Waals surface area contributed by atoms with Crippen molar-refractivity contribution >= 4 is 5.82 Å². The summed E-state index contributed by atoms with van der Waals surface area (Å²) in [4.78, 5) is 8.34. The zero-order valence-electron chi connectivity index (χ0n) is 11.6. The fraction of sp³-hybridized carbons (Fsp3) is 0.286. The molecule has 1 aromatic carbocycles. The van der Waals surface area contributed by atoms with Crippen molar-refractivity contribution in [2.24, 2.45) is 0 Å². The SMILES string of the molecule is CCOCc1nc(NC)cc(-c2cc(F)c(F)c(F)c2)n1. The number of ether oxygens (including phenoxy) is 1. The number of halogens is 3. The summed E-state index contributed by atoms with van der Waals surface area (Å²) in [5.74, 6) is -3.19. The number of hydrogen-bond acceptors (Lipinski definition) is 4. The predicted octanol–water partition coefficient (Wildman–Crippen LogP) is 3.14. The van der Waals surface area contributed by atoms with Crippen LogP contribution in [-0.2, 0) is 11.3 Å². The van der Waals surface area contributed by atoms with E-state index in [9.17, 15) is 13.2 Å². The Hall–Kier alpha value is -2.15. The minimum Gasteiger partial charge on any atom is -0.374 e. The molecule has 0 bridgehead atoms. The van der Waals surface area contributed by atoms with Gasteiger partial charge in [-0.3, -0.25) is 0 Å². The van der Waals surface area contributed by atoms with Gasteiger partial charge in [-0.1, -0.05) is 0 Å². The molecule has 112 valence electrons. The van der Waals surface area contributed by atoms with Crippen molar-refractivity contribution in [3.63, 3.8) is 0 Å². The summed E-state index contributed by atoms with van der Waals surface area (Å²) < 4.78 is 44.8. The summed E-state index contributed by atoms with van der Waals surface area (Å²) in [6, 6.07) is 3.30. The van der Waals surface area contributed by atoms with Gasteiger partial charge >= 0.3 is 0 Å². The quantitative estimate of drug-likeness (QED) is 0.861. The summed E-state index contributed by atoms with van der Waals surface area (Å²) in [5, 5.41) is 2.83. The summed E-state index contributed by atoms with van der Waals surface area (Å²) in [7, 11) is 1.66. The van der Waals surface area contributed by atoms with Gasteiger partial charge in [-0.25, -0.2) is 23.1 Å². The highest BCUT2D eigenvalue weighted by Gasteiger charge is 2.14. The second-order valence-corrected chi connectivity index (χ2v) is 4.20. The fourth-order valence-corrected chi connectivity index (χ4v) is 1.73. The normalized spacial score (nSPS) is 10.7. The Balaban J connectivity index is 2.47. The summed E-state index contributed by atoms with van der Waals surface area (Å²) >= 11 is 0. The van der Waals surface area contributed by atoms with E-state index in [4.69, 9.17) is 4.74 Å². The van der Waals surface area contributed by atoms with Crippen molar-refractivity contribution < 1.29 is 17.9 Å². The van der Waals surface area contributed by atoms with Crippen LogP contribution in [0.2, 0.25) is 0 Å². The van der Waals surface area contributed by atoms with Crippen LogP contribution in [0.5, 0.6) is 0 Å². The molecule has 0 aliphatic heterocycles.